The van der Waals surface area contributed by atoms with Crippen molar-refractivity contribution in [1.29, 1.82) is 0 Å². The second kappa shape index (κ2) is 7.95. The zero-order valence-electron chi connectivity index (χ0n) is 15.9. The monoisotopic (exact) mass is 380 g/mol. The van der Waals surface area contributed by atoms with E-state index in [2.05, 4.69) is 36.3 Å². The molecule has 1 N–H and O–H groups in total. The maximum atomic E-state index is 12.8. The van der Waals surface area contributed by atoms with Gasteiger partial charge in [0.2, 0.25) is 0 Å². The van der Waals surface area contributed by atoms with E-state index in [0.717, 1.165) is 23.4 Å². The van der Waals surface area contributed by atoms with Gasteiger partial charge in [0.25, 0.3) is 5.56 Å². The zero-order chi connectivity index (χ0) is 19.6. The fraction of sp³-hybridized carbons (Fsp3) is 0.273. The molecule has 0 fully saturated rings. The Bertz CT molecular complexity index is 1030. The van der Waals surface area contributed by atoms with E-state index in [1.54, 1.807) is 10.6 Å². The molecule has 5 heteroatoms. The molecular weight excluding hydrogens is 356 g/mol. The van der Waals surface area contributed by atoms with Crippen LogP contribution >= 0.6 is 12.6 Å². The Hall–Kier alpha value is -2.62. The van der Waals surface area contributed by atoms with Crippen molar-refractivity contribution in [3.05, 3.63) is 69.3 Å². The highest BCUT2D eigenvalue weighted by molar-refractivity contribution is 7.80. The second-order valence-corrected chi connectivity index (χ2v) is 6.71. The van der Waals surface area contributed by atoms with Crippen LogP contribution in [0.25, 0.3) is 11.6 Å². The minimum Gasteiger partial charge on any atom is -0.507 e. The van der Waals surface area contributed by atoms with Crippen LogP contribution in [0.3, 0.4) is 0 Å². The van der Waals surface area contributed by atoms with E-state index in [-0.39, 0.29) is 16.9 Å². The summed E-state index contributed by atoms with van der Waals surface area (Å²) in [6, 6.07) is 8.10. The lowest BCUT2D eigenvalue weighted by atomic mass is 10.00. The van der Waals surface area contributed by atoms with Crippen molar-refractivity contribution in [2.24, 2.45) is 0 Å². The standard InChI is InChI=1S/C22H24N2O2S/c1-4-16-20(25)18(21(26)24(6-3)22(16)27)12-11-15-13-14-23(5-2)19-10-8-7-9-17(15)19/h7-10,12-14,25,27H,4-6H2,1-3H3. The molecule has 0 unspecified atom stereocenters. The number of fused-ring (bicyclic) bond motifs is 1. The number of pyridine rings is 1. The molecule has 27 heavy (non-hydrogen) atoms. The van der Waals surface area contributed by atoms with Gasteiger partial charge >= 0.3 is 0 Å². The summed E-state index contributed by atoms with van der Waals surface area (Å²) in [7, 11) is 0. The minimum absolute atomic E-state index is 0.00596. The Morgan fingerprint density at radius 2 is 1.93 bits per heavy atom. The fourth-order valence-corrected chi connectivity index (χ4v) is 3.86. The van der Waals surface area contributed by atoms with E-state index in [1.165, 1.54) is 0 Å². The third kappa shape index (κ3) is 3.36. The summed E-state index contributed by atoms with van der Waals surface area (Å²) in [5.74, 6) is -0.00596. The first-order chi connectivity index (χ1) is 13.0. The first kappa shape index (κ1) is 19.2. The number of benzene rings is 1. The number of thiol groups is 1. The quantitative estimate of drug-likeness (QED) is 0.607. The summed E-state index contributed by atoms with van der Waals surface area (Å²) in [6.45, 7) is 7.29. The van der Waals surface area contributed by atoms with E-state index in [4.69, 9.17) is 0 Å². The van der Waals surface area contributed by atoms with Gasteiger partial charge in [0.1, 0.15) is 5.75 Å². The zero-order valence-corrected chi connectivity index (χ0v) is 16.8. The van der Waals surface area contributed by atoms with Crippen LogP contribution in [-0.4, -0.2) is 16.2 Å². The molecule has 1 aliphatic rings. The van der Waals surface area contributed by atoms with Gasteiger partial charge in [0.15, 0.2) is 0 Å². The summed E-state index contributed by atoms with van der Waals surface area (Å²) < 4.78 is 1.57. The van der Waals surface area contributed by atoms with E-state index in [1.807, 2.05) is 44.3 Å². The first-order valence-electron chi connectivity index (χ1n) is 9.21. The van der Waals surface area contributed by atoms with Crippen LogP contribution < -0.4 is 10.5 Å². The summed E-state index contributed by atoms with van der Waals surface area (Å²) in [6.07, 6.45) is 6.17. The Morgan fingerprint density at radius 1 is 1.19 bits per heavy atom. The molecule has 0 atom stereocenters. The van der Waals surface area contributed by atoms with Crippen LogP contribution in [0.1, 0.15) is 37.5 Å². The minimum atomic E-state index is -0.256. The van der Waals surface area contributed by atoms with Crippen LogP contribution in [0.4, 0.5) is 5.69 Å². The Morgan fingerprint density at radius 3 is 2.59 bits per heavy atom. The predicted molar refractivity (Wildman–Crippen MR) is 115 cm³/mol. The average Bonchev–Trinajstić information content (AvgIpc) is 2.68. The molecule has 1 aromatic heterocycles. The molecule has 0 saturated carbocycles. The number of nitrogens with zero attached hydrogens (tertiary/aromatic N) is 2. The lowest BCUT2D eigenvalue weighted by molar-refractivity contribution is 0.455. The van der Waals surface area contributed by atoms with Crippen molar-refractivity contribution in [2.45, 2.75) is 38.8 Å². The van der Waals surface area contributed by atoms with Crippen molar-refractivity contribution in [1.82, 2.24) is 4.57 Å². The average molecular weight is 381 g/mol. The Labute approximate surface area is 165 Å². The molecule has 0 saturated heterocycles. The van der Waals surface area contributed by atoms with Gasteiger partial charge in [-0.3, -0.25) is 4.79 Å². The van der Waals surface area contributed by atoms with Crippen LogP contribution in [0.15, 0.2) is 52.1 Å². The van der Waals surface area contributed by atoms with E-state index in [9.17, 15) is 9.90 Å². The Kier molecular flexibility index (Phi) is 5.64. The van der Waals surface area contributed by atoms with Gasteiger partial charge in [-0.15, -0.1) is 18.4 Å². The SMILES string of the molecule is CCc1c(O)c(C=C=C2C=CN(CC)c3ccccc32)c(=O)n(CC)c1S. The number of para-hydroxylation sites is 1. The molecule has 1 aliphatic heterocycles. The smallest absolute Gasteiger partial charge is 0.263 e. The number of aromatic hydroxyl groups is 1. The predicted octanol–water partition coefficient (Wildman–Crippen LogP) is 4.47. The van der Waals surface area contributed by atoms with Crippen LogP contribution in [0.2, 0.25) is 0 Å². The first-order valence-corrected chi connectivity index (χ1v) is 9.66. The fourth-order valence-electron chi connectivity index (χ4n) is 3.36. The molecule has 1 aromatic carbocycles. The van der Waals surface area contributed by atoms with Gasteiger partial charge in [0, 0.05) is 41.7 Å². The van der Waals surface area contributed by atoms with Crippen LogP contribution in [-0.2, 0) is 13.0 Å². The van der Waals surface area contributed by atoms with Gasteiger partial charge in [-0.2, -0.15) is 0 Å². The summed E-state index contributed by atoms with van der Waals surface area (Å²) in [5.41, 5.74) is 6.93. The van der Waals surface area contributed by atoms with Gasteiger partial charge < -0.3 is 14.6 Å². The lowest BCUT2D eigenvalue weighted by Crippen LogP contribution is -2.24. The largest absolute Gasteiger partial charge is 0.507 e. The number of anilines is 1. The molecule has 4 nitrogen and oxygen atoms in total. The van der Waals surface area contributed by atoms with Crippen molar-refractivity contribution in [3.63, 3.8) is 0 Å². The number of hydrogen-bond acceptors (Lipinski definition) is 4. The van der Waals surface area contributed by atoms with Gasteiger partial charge in [0.05, 0.1) is 10.6 Å². The highest BCUT2D eigenvalue weighted by Gasteiger charge is 2.17. The number of allylic oxidation sites excluding steroid dienone is 2. The second-order valence-electron chi connectivity index (χ2n) is 6.29. The maximum absolute atomic E-state index is 12.8. The molecule has 2 aromatic rings. The third-order valence-electron chi connectivity index (χ3n) is 4.85. The number of aromatic nitrogens is 1. The molecular formula is C22H24N2O2S. The number of rotatable bonds is 4. The topological polar surface area (TPSA) is 45.5 Å². The van der Waals surface area contributed by atoms with Crippen molar-refractivity contribution >= 4 is 30.0 Å². The molecule has 0 aliphatic carbocycles. The van der Waals surface area contributed by atoms with Gasteiger partial charge in [-0.05, 0) is 38.5 Å². The summed E-state index contributed by atoms with van der Waals surface area (Å²) in [5, 5.41) is 11.1. The molecule has 140 valence electrons. The molecule has 0 spiro atoms. The van der Waals surface area contributed by atoms with Crippen molar-refractivity contribution in [3.8, 4) is 5.75 Å². The molecule has 2 heterocycles. The summed E-state index contributed by atoms with van der Waals surface area (Å²) >= 11 is 4.43. The molecule has 0 bridgehead atoms. The van der Waals surface area contributed by atoms with E-state index < -0.39 is 0 Å². The van der Waals surface area contributed by atoms with Gasteiger partial charge in [-0.1, -0.05) is 25.1 Å². The molecule has 0 amide bonds. The molecule has 0 radical (unpaired) electrons. The number of hydrogen-bond donors (Lipinski definition) is 2. The normalized spacial score (nSPS) is 12.7. The van der Waals surface area contributed by atoms with Crippen LogP contribution in [0.5, 0.6) is 5.75 Å². The Balaban J connectivity index is 2.21. The molecule has 3 rings (SSSR count). The van der Waals surface area contributed by atoms with Crippen molar-refractivity contribution in [2.75, 3.05) is 11.4 Å². The van der Waals surface area contributed by atoms with Gasteiger partial charge in [-0.25, -0.2) is 0 Å². The maximum Gasteiger partial charge on any atom is 0.263 e. The highest BCUT2D eigenvalue weighted by atomic mass is 32.1. The van der Waals surface area contributed by atoms with Crippen molar-refractivity contribution < 1.29 is 5.11 Å². The summed E-state index contributed by atoms with van der Waals surface area (Å²) in [4.78, 5) is 14.9. The highest BCUT2D eigenvalue weighted by Crippen LogP contribution is 2.32. The van der Waals surface area contributed by atoms with E-state index in [0.29, 0.717) is 23.6 Å². The lowest BCUT2D eigenvalue weighted by Gasteiger charge is -2.25. The van der Waals surface area contributed by atoms with Crippen LogP contribution in [0, 0.1) is 0 Å². The van der Waals surface area contributed by atoms with E-state index >= 15 is 0 Å². The third-order valence-corrected chi connectivity index (χ3v) is 5.36.